The molecule has 1 heterocycles. The molecule has 0 aliphatic carbocycles. The monoisotopic (exact) mass is 497 g/mol. The number of ether oxygens (including phenoxy) is 2. The number of benzene rings is 2. The average molecular weight is 498 g/mol. The third kappa shape index (κ3) is 5.99. The Morgan fingerprint density at radius 3 is 2.44 bits per heavy atom. The SMILES string of the molecule is COC(=O)[C@H](CC(C)C)NC(=O)[C@H](Cc1ccccc1)N(C(C)=O)C1COc2c1cccc2[N+](=O)[O-]. The maximum Gasteiger partial charge on any atom is 0.328 e. The van der Waals surface area contributed by atoms with Gasteiger partial charge in [-0.25, -0.2) is 4.79 Å². The van der Waals surface area contributed by atoms with Gasteiger partial charge in [-0.1, -0.05) is 56.3 Å². The molecule has 1 unspecified atom stereocenters. The van der Waals surface area contributed by atoms with E-state index in [1.165, 1.54) is 31.1 Å². The molecule has 0 saturated heterocycles. The molecule has 2 aromatic rings. The number of hydrogen-bond acceptors (Lipinski definition) is 7. The van der Waals surface area contributed by atoms with Crippen LogP contribution >= 0.6 is 0 Å². The molecule has 0 bridgehead atoms. The van der Waals surface area contributed by atoms with Gasteiger partial charge in [0.2, 0.25) is 17.6 Å². The molecule has 1 N–H and O–H groups in total. The zero-order chi connectivity index (χ0) is 26.4. The smallest absolute Gasteiger partial charge is 0.328 e. The van der Waals surface area contributed by atoms with Gasteiger partial charge in [0.25, 0.3) is 0 Å². The molecule has 1 aliphatic heterocycles. The number of nitro groups is 1. The van der Waals surface area contributed by atoms with Crippen LogP contribution in [0.1, 0.15) is 44.4 Å². The second kappa shape index (κ2) is 11.7. The van der Waals surface area contributed by atoms with Gasteiger partial charge in [0, 0.05) is 25.0 Å². The number of hydrogen-bond donors (Lipinski definition) is 1. The fourth-order valence-electron chi connectivity index (χ4n) is 4.49. The Kier molecular flexibility index (Phi) is 8.63. The molecule has 2 aromatic carbocycles. The van der Waals surface area contributed by atoms with E-state index < -0.39 is 40.8 Å². The summed E-state index contributed by atoms with van der Waals surface area (Å²) in [5, 5.41) is 14.3. The molecule has 0 aromatic heterocycles. The Labute approximate surface area is 209 Å². The van der Waals surface area contributed by atoms with E-state index in [0.29, 0.717) is 12.0 Å². The first-order valence-corrected chi connectivity index (χ1v) is 11.7. The fourth-order valence-corrected chi connectivity index (χ4v) is 4.49. The lowest BCUT2D eigenvalue weighted by molar-refractivity contribution is -0.385. The van der Waals surface area contributed by atoms with E-state index in [1.807, 2.05) is 44.2 Å². The van der Waals surface area contributed by atoms with Crippen molar-refractivity contribution in [2.45, 2.75) is 51.7 Å². The van der Waals surface area contributed by atoms with E-state index in [0.717, 1.165) is 5.56 Å². The second-order valence-corrected chi connectivity index (χ2v) is 9.13. The van der Waals surface area contributed by atoms with Crippen LogP contribution in [0.4, 0.5) is 5.69 Å². The highest BCUT2D eigenvalue weighted by atomic mass is 16.6. The number of esters is 1. The van der Waals surface area contributed by atoms with Crippen molar-refractivity contribution in [3.8, 4) is 5.75 Å². The van der Waals surface area contributed by atoms with Crippen molar-refractivity contribution in [3.63, 3.8) is 0 Å². The van der Waals surface area contributed by atoms with Crippen LogP contribution in [0.25, 0.3) is 0 Å². The molecular formula is C26H31N3O7. The predicted molar refractivity (Wildman–Crippen MR) is 131 cm³/mol. The number of methoxy groups -OCH3 is 1. The summed E-state index contributed by atoms with van der Waals surface area (Å²) in [6, 6.07) is 11.1. The third-order valence-corrected chi connectivity index (χ3v) is 6.08. The van der Waals surface area contributed by atoms with Gasteiger partial charge in [-0.2, -0.15) is 0 Å². The Morgan fingerprint density at radius 1 is 1.17 bits per heavy atom. The summed E-state index contributed by atoms with van der Waals surface area (Å²) in [6.45, 7) is 5.15. The minimum Gasteiger partial charge on any atom is -0.484 e. The van der Waals surface area contributed by atoms with Crippen LogP contribution in [0, 0.1) is 16.0 Å². The van der Waals surface area contributed by atoms with Crippen molar-refractivity contribution >= 4 is 23.5 Å². The molecular weight excluding hydrogens is 466 g/mol. The number of rotatable bonds is 10. The number of nitrogens with zero attached hydrogens (tertiary/aromatic N) is 2. The number of fused-ring (bicyclic) bond motifs is 1. The Morgan fingerprint density at radius 2 is 1.86 bits per heavy atom. The molecule has 10 heteroatoms. The molecule has 3 rings (SSSR count). The van der Waals surface area contributed by atoms with Gasteiger partial charge >= 0.3 is 11.7 Å². The van der Waals surface area contributed by atoms with Crippen LogP contribution < -0.4 is 10.1 Å². The Balaban J connectivity index is 2.02. The quantitative estimate of drug-likeness (QED) is 0.303. The normalized spacial score (nSPS) is 15.9. The summed E-state index contributed by atoms with van der Waals surface area (Å²) < 4.78 is 10.5. The first-order valence-electron chi connectivity index (χ1n) is 11.7. The summed E-state index contributed by atoms with van der Waals surface area (Å²) in [5.74, 6) is -1.32. The van der Waals surface area contributed by atoms with E-state index >= 15 is 0 Å². The molecule has 1 aliphatic rings. The van der Waals surface area contributed by atoms with E-state index in [9.17, 15) is 24.5 Å². The molecule has 0 saturated carbocycles. The highest BCUT2D eigenvalue weighted by Gasteiger charge is 2.41. The maximum absolute atomic E-state index is 13.7. The summed E-state index contributed by atoms with van der Waals surface area (Å²) in [6.07, 6.45) is 0.528. The molecule has 0 radical (unpaired) electrons. The third-order valence-electron chi connectivity index (χ3n) is 6.08. The number of nitrogens with one attached hydrogen (secondary N) is 1. The Hall–Kier alpha value is -3.95. The average Bonchev–Trinajstić information content (AvgIpc) is 3.26. The van der Waals surface area contributed by atoms with Crippen molar-refractivity contribution in [2.75, 3.05) is 13.7 Å². The number of para-hydroxylation sites is 1. The van der Waals surface area contributed by atoms with Crippen molar-refractivity contribution < 1.29 is 28.8 Å². The molecule has 0 fully saturated rings. The predicted octanol–water partition coefficient (Wildman–Crippen LogP) is 3.19. The van der Waals surface area contributed by atoms with E-state index in [2.05, 4.69) is 5.32 Å². The van der Waals surface area contributed by atoms with E-state index in [4.69, 9.17) is 9.47 Å². The number of nitro benzene ring substituents is 1. The van der Waals surface area contributed by atoms with Crippen LogP contribution in [-0.2, 0) is 25.5 Å². The van der Waals surface area contributed by atoms with Crippen LogP contribution in [0.2, 0.25) is 0 Å². The number of amides is 2. The van der Waals surface area contributed by atoms with Crippen LogP contribution in [-0.4, -0.2) is 53.4 Å². The van der Waals surface area contributed by atoms with Gasteiger partial charge in [0.1, 0.15) is 18.7 Å². The van der Waals surface area contributed by atoms with Gasteiger partial charge in [-0.15, -0.1) is 0 Å². The fraction of sp³-hybridized carbons (Fsp3) is 0.423. The summed E-state index contributed by atoms with van der Waals surface area (Å²) >= 11 is 0. The molecule has 36 heavy (non-hydrogen) atoms. The maximum atomic E-state index is 13.7. The molecule has 2 amide bonds. The first-order chi connectivity index (χ1) is 17.1. The van der Waals surface area contributed by atoms with Gasteiger partial charge < -0.3 is 19.7 Å². The summed E-state index contributed by atoms with van der Waals surface area (Å²) in [7, 11) is 1.25. The largest absolute Gasteiger partial charge is 0.484 e. The van der Waals surface area contributed by atoms with Gasteiger partial charge in [-0.3, -0.25) is 19.7 Å². The molecule has 10 nitrogen and oxygen atoms in total. The minimum absolute atomic E-state index is 0.0369. The lowest BCUT2D eigenvalue weighted by atomic mass is 9.97. The van der Waals surface area contributed by atoms with Crippen molar-refractivity contribution in [2.24, 2.45) is 5.92 Å². The van der Waals surface area contributed by atoms with Crippen LogP contribution in [0.3, 0.4) is 0 Å². The standard InChI is InChI=1S/C26H31N3O7/c1-16(2)13-20(26(32)35-4)27-25(31)22(14-18-9-6-5-7-10-18)28(17(3)30)23-15-36-24-19(23)11-8-12-21(24)29(33)34/h5-12,16,20,22-23H,13-15H2,1-4H3,(H,27,31)/t20-,22-,23?/m0/s1. The van der Waals surface area contributed by atoms with Gasteiger partial charge in [0.15, 0.2) is 0 Å². The topological polar surface area (TPSA) is 128 Å². The Bertz CT molecular complexity index is 1120. The van der Waals surface area contributed by atoms with Gasteiger partial charge in [0.05, 0.1) is 18.1 Å². The second-order valence-electron chi connectivity index (χ2n) is 9.13. The van der Waals surface area contributed by atoms with E-state index in [-0.39, 0.29) is 30.4 Å². The summed E-state index contributed by atoms with van der Waals surface area (Å²) in [5.41, 5.74) is 1.06. The van der Waals surface area contributed by atoms with E-state index in [1.54, 1.807) is 6.07 Å². The zero-order valence-corrected chi connectivity index (χ0v) is 20.8. The lowest BCUT2D eigenvalue weighted by Crippen LogP contribution is -2.55. The highest BCUT2D eigenvalue weighted by molar-refractivity contribution is 5.91. The van der Waals surface area contributed by atoms with Crippen molar-refractivity contribution in [3.05, 3.63) is 69.8 Å². The number of carbonyl (C=O) groups excluding carboxylic acids is 3. The van der Waals surface area contributed by atoms with Gasteiger partial charge in [-0.05, 0) is 17.9 Å². The lowest BCUT2D eigenvalue weighted by Gasteiger charge is -2.35. The van der Waals surface area contributed by atoms with Crippen LogP contribution in [0.5, 0.6) is 5.75 Å². The van der Waals surface area contributed by atoms with Crippen molar-refractivity contribution in [1.82, 2.24) is 10.2 Å². The summed E-state index contributed by atoms with van der Waals surface area (Å²) in [4.78, 5) is 51.4. The zero-order valence-electron chi connectivity index (χ0n) is 20.8. The highest BCUT2D eigenvalue weighted by Crippen LogP contribution is 2.43. The molecule has 3 atom stereocenters. The minimum atomic E-state index is -1.01. The number of carbonyl (C=O) groups is 3. The molecule has 0 spiro atoms. The van der Waals surface area contributed by atoms with Crippen LogP contribution in [0.15, 0.2) is 48.5 Å². The molecule has 192 valence electrons. The first kappa shape index (κ1) is 26.7. The van der Waals surface area contributed by atoms with Crippen molar-refractivity contribution in [1.29, 1.82) is 0 Å².